The summed E-state index contributed by atoms with van der Waals surface area (Å²) in [6.45, 7) is 8.24. The van der Waals surface area contributed by atoms with E-state index >= 15 is 0 Å². The van der Waals surface area contributed by atoms with Gasteiger partial charge in [-0.05, 0) is 34.6 Å². The molecule has 0 spiro atoms. The fraction of sp³-hybridized carbons (Fsp3) is 0.733. The van der Waals surface area contributed by atoms with Crippen LogP contribution in [0.15, 0.2) is 0 Å². The number of hydrogen-bond acceptors (Lipinski definition) is 7. The maximum absolute atomic E-state index is 12.4. The molecule has 0 saturated carbocycles. The monoisotopic (exact) mass is 358 g/mol. The number of amides is 2. The number of esters is 2. The maximum atomic E-state index is 12.4. The van der Waals surface area contributed by atoms with Crippen LogP contribution in [0.1, 0.15) is 34.6 Å². The van der Waals surface area contributed by atoms with Gasteiger partial charge < -0.3 is 19.7 Å². The lowest BCUT2D eigenvalue weighted by molar-refractivity contribution is -0.180. The molecule has 2 aliphatic heterocycles. The lowest BCUT2D eigenvalue weighted by atomic mass is 9.96. The van der Waals surface area contributed by atoms with Crippen molar-refractivity contribution in [2.45, 2.75) is 56.8 Å². The standard InChI is InChI=1S/C15H22N2O6S/c1-14(2,3)13(21)23-7-22-12(20)9-15(4,5)24-11-8(16-6-18)10(19)17(9)11/h6,8-9,11H,7H2,1-5H3,(H,16,18)/t8-,9+,11-/m1/s1. The second kappa shape index (κ2) is 6.27. The van der Waals surface area contributed by atoms with E-state index in [1.807, 2.05) is 13.8 Å². The minimum Gasteiger partial charge on any atom is -0.427 e. The fourth-order valence-electron chi connectivity index (χ4n) is 2.66. The largest absolute Gasteiger partial charge is 0.427 e. The van der Waals surface area contributed by atoms with Crippen molar-refractivity contribution >= 4 is 36.0 Å². The van der Waals surface area contributed by atoms with Gasteiger partial charge in [0.2, 0.25) is 19.1 Å². The first-order chi connectivity index (χ1) is 11.0. The van der Waals surface area contributed by atoms with Gasteiger partial charge in [0.15, 0.2) is 0 Å². The normalized spacial score (nSPS) is 27.8. The van der Waals surface area contributed by atoms with E-state index < -0.39 is 41.0 Å². The molecule has 8 nitrogen and oxygen atoms in total. The number of rotatable bonds is 5. The Kier molecular flexibility index (Phi) is 4.85. The van der Waals surface area contributed by atoms with Crippen molar-refractivity contribution in [1.82, 2.24) is 10.2 Å². The summed E-state index contributed by atoms with van der Waals surface area (Å²) in [5, 5.41) is 2.16. The van der Waals surface area contributed by atoms with Gasteiger partial charge in [-0.2, -0.15) is 0 Å². The lowest BCUT2D eigenvalue weighted by Gasteiger charge is -2.43. The summed E-state index contributed by atoms with van der Waals surface area (Å²) >= 11 is 1.42. The van der Waals surface area contributed by atoms with E-state index in [2.05, 4.69) is 5.32 Å². The molecule has 2 saturated heterocycles. The van der Waals surface area contributed by atoms with Crippen molar-refractivity contribution in [3.05, 3.63) is 0 Å². The van der Waals surface area contributed by atoms with Crippen LogP contribution in [0.25, 0.3) is 0 Å². The Balaban J connectivity index is 1.98. The van der Waals surface area contributed by atoms with Gasteiger partial charge in [-0.25, -0.2) is 4.79 Å². The molecule has 0 aromatic carbocycles. The molecule has 0 aliphatic carbocycles. The number of carbonyl (C=O) groups is 4. The number of nitrogens with zero attached hydrogens (tertiary/aromatic N) is 1. The first kappa shape index (κ1) is 18.6. The molecule has 0 radical (unpaired) electrons. The summed E-state index contributed by atoms with van der Waals surface area (Å²) in [6, 6.07) is -1.42. The van der Waals surface area contributed by atoms with Gasteiger partial charge in [-0.1, -0.05) is 0 Å². The van der Waals surface area contributed by atoms with Gasteiger partial charge in [-0.3, -0.25) is 14.4 Å². The molecule has 134 valence electrons. The first-order valence-electron chi connectivity index (χ1n) is 7.54. The van der Waals surface area contributed by atoms with Crippen molar-refractivity contribution in [2.24, 2.45) is 5.41 Å². The zero-order valence-electron chi connectivity index (χ0n) is 14.3. The van der Waals surface area contributed by atoms with Crippen LogP contribution in [0.5, 0.6) is 0 Å². The highest BCUT2D eigenvalue weighted by Gasteiger charge is 2.64. The third-order valence-corrected chi connectivity index (χ3v) is 5.49. The summed E-state index contributed by atoms with van der Waals surface area (Å²) in [7, 11) is 0. The predicted octanol–water partition coefficient (Wildman–Crippen LogP) is 0.253. The van der Waals surface area contributed by atoms with Crippen LogP contribution in [0.4, 0.5) is 0 Å². The Bertz CT molecular complexity index is 571. The average Bonchev–Trinajstić information content (AvgIpc) is 2.71. The maximum Gasteiger partial charge on any atom is 0.333 e. The van der Waals surface area contributed by atoms with Crippen LogP contribution in [-0.2, 0) is 28.7 Å². The second-order valence-corrected chi connectivity index (χ2v) is 9.06. The molecule has 2 rings (SSSR count). The fourth-order valence-corrected chi connectivity index (χ4v) is 4.29. The number of β-lactam (4-membered cyclic amide) rings is 1. The topological polar surface area (TPSA) is 102 Å². The van der Waals surface area contributed by atoms with Gasteiger partial charge in [-0.15, -0.1) is 11.8 Å². The number of fused-ring (bicyclic) bond motifs is 1. The van der Waals surface area contributed by atoms with Crippen LogP contribution < -0.4 is 5.32 Å². The van der Waals surface area contributed by atoms with Crippen LogP contribution in [0, 0.1) is 5.41 Å². The van der Waals surface area contributed by atoms with Crippen LogP contribution in [-0.4, -0.2) is 58.2 Å². The molecule has 0 aromatic heterocycles. The Labute approximate surface area is 144 Å². The Hall–Kier alpha value is -1.77. The minimum atomic E-state index is -0.793. The Morgan fingerprint density at radius 3 is 2.50 bits per heavy atom. The van der Waals surface area contributed by atoms with E-state index in [1.165, 1.54) is 16.7 Å². The third-order valence-electron chi connectivity index (χ3n) is 3.92. The molecular formula is C15H22N2O6S. The highest BCUT2D eigenvalue weighted by molar-refractivity contribution is 8.01. The molecule has 2 heterocycles. The third kappa shape index (κ3) is 3.22. The Morgan fingerprint density at radius 1 is 1.33 bits per heavy atom. The van der Waals surface area contributed by atoms with Crippen molar-refractivity contribution in [3.63, 3.8) is 0 Å². The van der Waals surface area contributed by atoms with Crippen molar-refractivity contribution in [3.8, 4) is 0 Å². The highest BCUT2D eigenvalue weighted by atomic mass is 32.2. The number of ether oxygens (including phenoxy) is 2. The van der Waals surface area contributed by atoms with Gasteiger partial charge in [0.25, 0.3) is 0 Å². The van der Waals surface area contributed by atoms with E-state index in [-0.39, 0.29) is 11.3 Å². The average molecular weight is 358 g/mol. The first-order valence-corrected chi connectivity index (χ1v) is 8.42. The van der Waals surface area contributed by atoms with Crippen molar-refractivity contribution < 1.29 is 28.7 Å². The van der Waals surface area contributed by atoms with E-state index in [9.17, 15) is 19.2 Å². The SMILES string of the molecule is CC(C)(C)C(=O)OCOC(=O)[C@@H]1N2C(=O)[C@@H](NC=O)[C@H]2SC1(C)C. The minimum absolute atomic E-state index is 0.299. The van der Waals surface area contributed by atoms with E-state index in [0.29, 0.717) is 6.41 Å². The molecule has 24 heavy (non-hydrogen) atoms. The molecule has 1 N–H and O–H groups in total. The summed E-state index contributed by atoms with van der Waals surface area (Å²) in [4.78, 5) is 48.2. The van der Waals surface area contributed by atoms with E-state index in [4.69, 9.17) is 9.47 Å². The lowest BCUT2D eigenvalue weighted by Crippen LogP contribution is -2.69. The zero-order valence-corrected chi connectivity index (χ0v) is 15.1. The van der Waals surface area contributed by atoms with Gasteiger partial charge in [0, 0.05) is 4.75 Å². The smallest absolute Gasteiger partial charge is 0.333 e. The number of hydrogen-bond donors (Lipinski definition) is 1. The van der Waals surface area contributed by atoms with E-state index in [0.717, 1.165) is 0 Å². The van der Waals surface area contributed by atoms with Crippen LogP contribution in [0.2, 0.25) is 0 Å². The molecule has 0 unspecified atom stereocenters. The molecule has 2 fully saturated rings. The van der Waals surface area contributed by atoms with Crippen molar-refractivity contribution in [2.75, 3.05) is 6.79 Å². The molecule has 2 aliphatic rings. The van der Waals surface area contributed by atoms with Crippen LogP contribution in [0.3, 0.4) is 0 Å². The molecule has 9 heteroatoms. The van der Waals surface area contributed by atoms with Gasteiger partial charge in [0.05, 0.1) is 5.41 Å². The van der Waals surface area contributed by atoms with Crippen LogP contribution >= 0.6 is 11.8 Å². The zero-order chi connectivity index (χ0) is 18.3. The predicted molar refractivity (Wildman–Crippen MR) is 85.6 cm³/mol. The summed E-state index contributed by atoms with van der Waals surface area (Å²) in [5.74, 6) is -1.43. The summed E-state index contributed by atoms with van der Waals surface area (Å²) < 4.78 is 9.39. The van der Waals surface area contributed by atoms with Crippen molar-refractivity contribution in [1.29, 1.82) is 0 Å². The van der Waals surface area contributed by atoms with Gasteiger partial charge >= 0.3 is 11.9 Å². The molecule has 0 aromatic rings. The molecular weight excluding hydrogens is 336 g/mol. The summed E-state index contributed by atoms with van der Waals surface area (Å²) in [6.07, 6.45) is 0.477. The van der Waals surface area contributed by atoms with E-state index in [1.54, 1.807) is 20.8 Å². The summed E-state index contributed by atoms with van der Waals surface area (Å²) in [5.41, 5.74) is -0.693. The number of carbonyl (C=O) groups excluding carboxylic acids is 4. The number of thioether (sulfide) groups is 1. The second-order valence-electron chi connectivity index (χ2n) is 7.29. The molecule has 3 atom stereocenters. The quantitative estimate of drug-likeness (QED) is 0.325. The number of nitrogens with one attached hydrogen (secondary N) is 1. The molecule has 0 bridgehead atoms. The highest BCUT2D eigenvalue weighted by Crippen LogP contribution is 2.50. The van der Waals surface area contributed by atoms with Gasteiger partial charge in [0.1, 0.15) is 17.5 Å². The Morgan fingerprint density at radius 2 is 1.96 bits per heavy atom. The molecule has 2 amide bonds.